The van der Waals surface area contributed by atoms with Crippen LogP contribution in [0.15, 0.2) is 24.3 Å². The highest BCUT2D eigenvalue weighted by atomic mass is 35.5. The number of hydrogen-bond acceptors (Lipinski definition) is 3. The van der Waals surface area contributed by atoms with Crippen LogP contribution in [0.4, 0.5) is 0 Å². The summed E-state index contributed by atoms with van der Waals surface area (Å²) in [5.74, 6) is 0.660. The first-order valence-corrected chi connectivity index (χ1v) is 4.84. The minimum absolute atomic E-state index is 0.258. The van der Waals surface area contributed by atoms with E-state index in [1.54, 1.807) is 6.07 Å². The maximum absolute atomic E-state index is 5.90. The Kier molecular flexibility index (Phi) is 3.24. The van der Waals surface area contributed by atoms with E-state index in [1.165, 1.54) is 0 Å². The first-order valence-electron chi connectivity index (χ1n) is 4.47. The van der Waals surface area contributed by atoms with Crippen molar-refractivity contribution < 1.29 is 14.2 Å². The van der Waals surface area contributed by atoms with Crippen molar-refractivity contribution in [2.24, 2.45) is 0 Å². The van der Waals surface area contributed by atoms with Crippen molar-refractivity contribution in [1.82, 2.24) is 0 Å². The van der Waals surface area contributed by atoms with Gasteiger partial charge >= 0.3 is 0 Å². The van der Waals surface area contributed by atoms with E-state index in [0.717, 1.165) is 0 Å². The Balaban J connectivity index is 1.88. The van der Waals surface area contributed by atoms with Crippen molar-refractivity contribution in [3.05, 3.63) is 29.3 Å². The molecule has 0 N–H and O–H groups in total. The number of rotatable bonds is 3. The predicted molar refractivity (Wildman–Crippen MR) is 52.6 cm³/mol. The van der Waals surface area contributed by atoms with Crippen molar-refractivity contribution in [2.75, 3.05) is 19.8 Å². The maximum Gasteiger partial charge on any atom is 0.191 e. The van der Waals surface area contributed by atoms with Gasteiger partial charge in [-0.3, -0.25) is 0 Å². The van der Waals surface area contributed by atoms with Crippen LogP contribution >= 0.6 is 11.6 Å². The average Bonchev–Trinajstić information content (AvgIpc) is 2.69. The molecule has 14 heavy (non-hydrogen) atoms. The molecule has 0 atom stereocenters. The molecule has 0 radical (unpaired) electrons. The Morgan fingerprint density at radius 1 is 1.29 bits per heavy atom. The molecule has 76 valence electrons. The molecular formula is C10H11ClO3. The molecule has 1 aromatic carbocycles. The van der Waals surface area contributed by atoms with E-state index >= 15 is 0 Å². The van der Waals surface area contributed by atoms with Crippen molar-refractivity contribution in [3.8, 4) is 5.75 Å². The minimum atomic E-state index is -0.258. The van der Waals surface area contributed by atoms with Crippen LogP contribution in [0.25, 0.3) is 0 Å². The molecule has 0 bridgehead atoms. The first kappa shape index (κ1) is 9.77. The standard InChI is InChI=1S/C10H11ClO3/c11-8-3-1-2-4-9(8)14-7-10-12-5-6-13-10/h1-4,10H,5-7H2. The normalized spacial score (nSPS) is 17.2. The lowest BCUT2D eigenvalue weighted by molar-refractivity contribution is -0.0683. The van der Waals surface area contributed by atoms with Crippen LogP contribution in [0.3, 0.4) is 0 Å². The van der Waals surface area contributed by atoms with Crippen LogP contribution in [-0.2, 0) is 9.47 Å². The van der Waals surface area contributed by atoms with Gasteiger partial charge in [0.05, 0.1) is 18.2 Å². The highest BCUT2D eigenvalue weighted by Gasteiger charge is 2.16. The molecule has 1 aliphatic heterocycles. The monoisotopic (exact) mass is 214 g/mol. The van der Waals surface area contributed by atoms with E-state index in [2.05, 4.69) is 0 Å². The topological polar surface area (TPSA) is 27.7 Å². The first-order chi connectivity index (χ1) is 6.86. The number of ether oxygens (including phenoxy) is 3. The van der Waals surface area contributed by atoms with Crippen LogP contribution < -0.4 is 4.74 Å². The molecule has 3 nitrogen and oxygen atoms in total. The van der Waals surface area contributed by atoms with Crippen molar-refractivity contribution in [2.45, 2.75) is 6.29 Å². The van der Waals surface area contributed by atoms with E-state index in [1.807, 2.05) is 18.2 Å². The van der Waals surface area contributed by atoms with Gasteiger partial charge in [0.15, 0.2) is 6.29 Å². The summed E-state index contributed by atoms with van der Waals surface area (Å²) in [4.78, 5) is 0. The highest BCUT2D eigenvalue weighted by Crippen LogP contribution is 2.23. The lowest BCUT2D eigenvalue weighted by Crippen LogP contribution is -2.18. The summed E-state index contributed by atoms with van der Waals surface area (Å²) in [6.45, 7) is 1.65. The fraction of sp³-hybridized carbons (Fsp3) is 0.400. The molecule has 0 saturated carbocycles. The van der Waals surface area contributed by atoms with E-state index < -0.39 is 0 Å². The summed E-state index contributed by atoms with van der Waals surface area (Å²) in [6, 6.07) is 7.33. The molecule has 1 heterocycles. The molecule has 0 spiro atoms. The van der Waals surface area contributed by atoms with E-state index in [0.29, 0.717) is 30.6 Å². The van der Waals surface area contributed by atoms with Gasteiger partial charge in [0.1, 0.15) is 12.4 Å². The zero-order valence-electron chi connectivity index (χ0n) is 7.61. The summed E-state index contributed by atoms with van der Waals surface area (Å²) in [6.07, 6.45) is -0.258. The molecule has 1 aliphatic rings. The van der Waals surface area contributed by atoms with Gasteiger partial charge in [-0.2, -0.15) is 0 Å². The molecule has 0 amide bonds. The van der Waals surface area contributed by atoms with Gasteiger partial charge in [0.2, 0.25) is 0 Å². The third-order valence-electron chi connectivity index (χ3n) is 1.90. The maximum atomic E-state index is 5.90. The number of hydrogen-bond donors (Lipinski definition) is 0. The molecule has 2 rings (SSSR count). The number of benzene rings is 1. The quantitative estimate of drug-likeness (QED) is 0.771. The van der Waals surface area contributed by atoms with Crippen molar-refractivity contribution >= 4 is 11.6 Å². The molecule has 4 heteroatoms. The molecular weight excluding hydrogens is 204 g/mol. The summed E-state index contributed by atoms with van der Waals surface area (Å²) in [5.41, 5.74) is 0. The van der Waals surface area contributed by atoms with Gasteiger partial charge in [-0.05, 0) is 12.1 Å². The van der Waals surface area contributed by atoms with E-state index in [9.17, 15) is 0 Å². The van der Waals surface area contributed by atoms with Crippen molar-refractivity contribution in [3.63, 3.8) is 0 Å². The third-order valence-corrected chi connectivity index (χ3v) is 2.21. The Labute approximate surface area is 87.5 Å². The van der Waals surface area contributed by atoms with Gasteiger partial charge in [-0.1, -0.05) is 23.7 Å². The Morgan fingerprint density at radius 3 is 2.71 bits per heavy atom. The van der Waals surface area contributed by atoms with Gasteiger partial charge in [0, 0.05) is 0 Å². The number of para-hydroxylation sites is 1. The second-order valence-corrected chi connectivity index (χ2v) is 3.32. The Morgan fingerprint density at radius 2 is 2.00 bits per heavy atom. The fourth-order valence-electron chi connectivity index (χ4n) is 1.22. The zero-order valence-corrected chi connectivity index (χ0v) is 8.37. The smallest absolute Gasteiger partial charge is 0.191 e. The van der Waals surface area contributed by atoms with Crippen molar-refractivity contribution in [1.29, 1.82) is 0 Å². The van der Waals surface area contributed by atoms with Crippen LogP contribution in [0.1, 0.15) is 0 Å². The van der Waals surface area contributed by atoms with Crippen LogP contribution in [0, 0.1) is 0 Å². The SMILES string of the molecule is Clc1ccccc1OCC1OCCO1. The largest absolute Gasteiger partial charge is 0.487 e. The number of halogens is 1. The Bertz CT molecular complexity index is 297. The molecule has 1 aromatic rings. The van der Waals surface area contributed by atoms with Gasteiger partial charge in [-0.15, -0.1) is 0 Å². The second kappa shape index (κ2) is 4.64. The van der Waals surface area contributed by atoms with Gasteiger partial charge < -0.3 is 14.2 Å². The van der Waals surface area contributed by atoms with Crippen LogP contribution in [-0.4, -0.2) is 26.1 Å². The van der Waals surface area contributed by atoms with Gasteiger partial charge in [0.25, 0.3) is 0 Å². The van der Waals surface area contributed by atoms with Gasteiger partial charge in [-0.25, -0.2) is 0 Å². The summed E-state index contributed by atoms with van der Waals surface area (Å²) in [5, 5.41) is 0.602. The van der Waals surface area contributed by atoms with Crippen LogP contribution in [0.2, 0.25) is 5.02 Å². The molecule has 1 saturated heterocycles. The lowest BCUT2D eigenvalue weighted by Gasteiger charge is -2.11. The Hall–Kier alpha value is -0.770. The third kappa shape index (κ3) is 2.38. The average molecular weight is 215 g/mol. The van der Waals surface area contributed by atoms with Crippen LogP contribution in [0.5, 0.6) is 5.75 Å². The summed E-state index contributed by atoms with van der Waals surface area (Å²) < 4.78 is 15.9. The minimum Gasteiger partial charge on any atom is -0.487 e. The summed E-state index contributed by atoms with van der Waals surface area (Å²) in [7, 11) is 0. The van der Waals surface area contributed by atoms with E-state index in [4.69, 9.17) is 25.8 Å². The fourth-order valence-corrected chi connectivity index (χ4v) is 1.41. The molecule has 0 aliphatic carbocycles. The zero-order chi connectivity index (χ0) is 9.80. The second-order valence-electron chi connectivity index (χ2n) is 2.91. The lowest BCUT2D eigenvalue weighted by atomic mass is 10.3. The molecule has 1 fully saturated rings. The molecule has 0 unspecified atom stereocenters. The molecule has 0 aromatic heterocycles. The summed E-state index contributed by atoms with van der Waals surface area (Å²) >= 11 is 5.90. The predicted octanol–water partition coefficient (Wildman–Crippen LogP) is 2.09. The van der Waals surface area contributed by atoms with E-state index in [-0.39, 0.29) is 6.29 Å². The highest BCUT2D eigenvalue weighted by molar-refractivity contribution is 6.32.